The van der Waals surface area contributed by atoms with Crippen LogP contribution in [0.4, 0.5) is 0 Å². The molecule has 614 valence electrons. The fourth-order valence-electron chi connectivity index (χ4n) is 13.8. The summed E-state index contributed by atoms with van der Waals surface area (Å²) < 4.78 is 38.6. The fraction of sp³-hybridized carbons (Fsp3) is 0.390. The highest BCUT2D eigenvalue weighted by Crippen LogP contribution is 2.50. The number of fused-ring (bicyclic) bond motifs is 15. The monoisotopic (exact) mass is 1650 g/mol. The van der Waals surface area contributed by atoms with Crippen molar-refractivity contribution >= 4 is 94.0 Å². The first kappa shape index (κ1) is 85.4. The Morgan fingerprint density at radius 2 is 1.30 bits per heavy atom. The SMILES string of the molecule is CN[C@H](CC(C)C)C(=O)N[C@H]1C(=O)N[C@@H](CC(N)=O)C(=O)NC2C(=O)N[C@H]3C(=O)N[C@H](C(=O)NC(C(=O)NCCNC(=O)/C=C/c4ccc(Cl)cc4)c4cc(O)cc(O)c4-c4cc3ccc4O)[C@H](O)c3ccc(c(Cl)c3)Oc3cc2cc(c3O[C@@H]2O[C@H](CO)[C@@H](O)[C@H](O)[C@H]2OC2C[C@](C)(N)[C@H](O)[C@H](C)O2)Oc2ccc(cc2Cl)[C@H]1O. The molecule has 0 aromatic heterocycles. The smallest absolute Gasteiger partial charge is 0.248 e. The van der Waals surface area contributed by atoms with Gasteiger partial charge >= 0.3 is 0 Å². The predicted octanol–water partition coefficient (Wildman–Crippen LogP) is 1.62. The molecule has 2 fully saturated rings. The summed E-state index contributed by atoms with van der Waals surface area (Å²) in [5, 5.41) is 128. The van der Waals surface area contributed by atoms with Crippen LogP contribution in [0.1, 0.15) is 111 Å². The number of likely N-dealkylation sites (N-methyl/N-ethyl adjacent to an activating group) is 1. The second-order valence-corrected chi connectivity index (χ2v) is 30.1. The Hall–Kier alpha value is -10.5. The number of hydrogen-bond donors (Lipinski definition) is 20. The molecule has 6 aromatic rings. The lowest BCUT2D eigenvalue weighted by Crippen LogP contribution is -2.64. The van der Waals surface area contributed by atoms with Crippen LogP contribution in [0.2, 0.25) is 15.1 Å². The van der Waals surface area contributed by atoms with E-state index in [0.29, 0.717) is 10.6 Å². The minimum absolute atomic E-state index is 0.108. The molecular weight excluding hydrogens is 1570 g/mol. The molecule has 6 aromatic carbocycles. The minimum atomic E-state index is -2.37. The molecule has 7 aliphatic heterocycles. The van der Waals surface area contributed by atoms with Crippen molar-refractivity contribution in [2.75, 3.05) is 26.7 Å². The van der Waals surface area contributed by atoms with Gasteiger partial charge in [0.05, 0.1) is 41.3 Å². The number of carbonyl (C=O) groups excluding carboxylic acids is 9. The number of halogens is 3. The van der Waals surface area contributed by atoms with Crippen molar-refractivity contribution in [1.82, 2.24) is 47.9 Å². The molecule has 0 aliphatic carbocycles. The van der Waals surface area contributed by atoms with Gasteiger partial charge in [-0.15, -0.1) is 0 Å². The second-order valence-electron chi connectivity index (χ2n) is 28.8. The molecule has 3 unspecified atom stereocenters. The van der Waals surface area contributed by atoms with Crippen molar-refractivity contribution in [3.63, 3.8) is 0 Å². The number of phenols is 3. The quantitative estimate of drug-likeness (QED) is 0.0429. The molecule has 0 spiro atoms. The number of ether oxygens (including phenoxy) is 6. The lowest BCUT2D eigenvalue weighted by atomic mass is 9.86. The van der Waals surface area contributed by atoms with Crippen LogP contribution in [-0.2, 0) is 57.4 Å². The van der Waals surface area contributed by atoms with E-state index in [9.17, 15) is 69.9 Å². The van der Waals surface area contributed by atoms with Crippen LogP contribution < -0.4 is 73.5 Å². The minimum Gasteiger partial charge on any atom is -0.508 e. The van der Waals surface area contributed by atoms with Gasteiger partial charge in [0.15, 0.2) is 23.9 Å². The van der Waals surface area contributed by atoms with Crippen LogP contribution in [0.15, 0.2) is 109 Å². The summed E-state index contributed by atoms with van der Waals surface area (Å²) in [5.74, 6) is -15.8. The number of aliphatic hydroxyl groups is 6. The zero-order valence-corrected chi connectivity index (χ0v) is 64.3. The Morgan fingerprint density at radius 1 is 0.687 bits per heavy atom. The molecule has 11 bridgehead atoms. The van der Waals surface area contributed by atoms with Crippen LogP contribution in [0.5, 0.6) is 46.0 Å². The molecule has 13 rings (SSSR count). The van der Waals surface area contributed by atoms with E-state index in [2.05, 4.69) is 47.9 Å². The highest BCUT2D eigenvalue weighted by atomic mass is 35.5. The summed E-state index contributed by atoms with van der Waals surface area (Å²) in [5.41, 5.74) is 8.91. The molecule has 7 heterocycles. The second kappa shape index (κ2) is 36.1. The third-order valence-corrected chi connectivity index (χ3v) is 20.7. The van der Waals surface area contributed by atoms with Crippen LogP contribution in [0.3, 0.4) is 0 Å². The van der Waals surface area contributed by atoms with E-state index in [1.165, 1.54) is 45.2 Å². The molecule has 2 saturated heterocycles. The van der Waals surface area contributed by atoms with Gasteiger partial charge in [0, 0.05) is 53.3 Å². The maximum atomic E-state index is 16.3. The van der Waals surface area contributed by atoms with Gasteiger partial charge in [-0.05, 0) is 139 Å². The highest BCUT2D eigenvalue weighted by Gasteiger charge is 2.52. The summed E-state index contributed by atoms with van der Waals surface area (Å²) in [6.07, 6.45) is -16.0. The molecular formula is C77H86Cl3N11O24. The molecule has 0 radical (unpaired) electrons. The van der Waals surface area contributed by atoms with E-state index in [1.807, 2.05) is 13.8 Å². The van der Waals surface area contributed by atoms with Crippen LogP contribution >= 0.6 is 34.8 Å². The van der Waals surface area contributed by atoms with Crippen molar-refractivity contribution in [2.45, 2.75) is 156 Å². The summed E-state index contributed by atoms with van der Waals surface area (Å²) in [6.45, 7) is 5.07. The Bertz CT molecular complexity index is 4750. The fourth-order valence-corrected chi connectivity index (χ4v) is 14.4. The molecule has 0 saturated carbocycles. The lowest BCUT2D eigenvalue weighted by Gasteiger charge is -2.47. The Labute approximate surface area is 671 Å². The van der Waals surface area contributed by atoms with E-state index in [0.717, 1.165) is 66.7 Å². The summed E-state index contributed by atoms with van der Waals surface area (Å²) in [6, 6.07) is 6.29. The van der Waals surface area contributed by atoms with Gasteiger partial charge in [-0.25, -0.2) is 0 Å². The molecule has 7 aliphatic rings. The Morgan fingerprint density at radius 3 is 1.92 bits per heavy atom. The lowest BCUT2D eigenvalue weighted by molar-refractivity contribution is -0.333. The number of rotatable bonds is 18. The van der Waals surface area contributed by atoms with Crippen molar-refractivity contribution < 1.29 is 118 Å². The summed E-state index contributed by atoms with van der Waals surface area (Å²) >= 11 is 20.3. The number of benzene rings is 6. The number of carbonyl (C=O) groups is 9. The van der Waals surface area contributed by atoms with Crippen LogP contribution in [0, 0.1) is 5.92 Å². The average molecular weight is 1660 g/mol. The summed E-state index contributed by atoms with van der Waals surface area (Å²) in [7, 11) is 1.47. The van der Waals surface area contributed by atoms with Gasteiger partial charge in [-0.1, -0.05) is 79.0 Å². The zero-order valence-electron chi connectivity index (χ0n) is 62.0. The van der Waals surface area contributed by atoms with E-state index in [4.69, 9.17) is 74.7 Å². The third-order valence-electron chi connectivity index (χ3n) is 19.8. The van der Waals surface area contributed by atoms with E-state index >= 15 is 19.2 Å². The number of nitrogens with two attached hydrogens (primary N) is 2. The van der Waals surface area contributed by atoms with Crippen LogP contribution in [0.25, 0.3) is 17.2 Å². The number of phenolic OH excluding ortho intramolecular Hbond substituents is 3. The maximum Gasteiger partial charge on any atom is 0.248 e. The zero-order chi connectivity index (χ0) is 83.3. The third kappa shape index (κ3) is 19.6. The largest absolute Gasteiger partial charge is 0.508 e. The van der Waals surface area contributed by atoms with Gasteiger partial charge in [0.2, 0.25) is 65.2 Å². The van der Waals surface area contributed by atoms with Crippen LogP contribution in [-0.4, -0.2) is 205 Å². The normalized spacial score (nSPS) is 27.3. The number of nitrogens with one attached hydrogen (secondary N) is 9. The Kier molecular flexibility index (Phi) is 26.8. The van der Waals surface area contributed by atoms with Crippen molar-refractivity contribution in [1.29, 1.82) is 0 Å². The van der Waals surface area contributed by atoms with Gasteiger partial charge < -0.3 is 134 Å². The maximum absolute atomic E-state index is 16.3. The first-order valence-corrected chi connectivity index (χ1v) is 37.4. The first-order chi connectivity index (χ1) is 54.5. The number of primary amides is 1. The van der Waals surface area contributed by atoms with Gasteiger partial charge in [-0.3, -0.25) is 43.2 Å². The van der Waals surface area contributed by atoms with E-state index in [1.54, 1.807) is 24.3 Å². The molecule has 115 heavy (non-hydrogen) atoms. The van der Waals surface area contributed by atoms with Crippen molar-refractivity contribution in [3.8, 4) is 57.1 Å². The molecule has 38 heteroatoms. The molecule has 9 amide bonds. The predicted molar refractivity (Wildman–Crippen MR) is 408 cm³/mol. The van der Waals surface area contributed by atoms with Crippen molar-refractivity contribution in [3.05, 3.63) is 158 Å². The topological polar surface area (TPSA) is 551 Å². The Balaban J connectivity index is 1.10. The molecule has 22 N–H and O–H groups in total. The van der Waals surface area contributed by atoms with Gasteiger partial charge in [-0.2, -0.15) is 0 Å². The number of amides is 9. The van der Waals surface area contributed by atoms with E-state index in [-0.39, 0.29) is 59.3 Å². The average Bonchev–Trinajstić information content (AvgIpc) is 0.764. The molecule has 35 nitrogen and oxygen atoms in total. The highest BCUT2D eigenvalue weighted by molar-refractivity contribution is 6.32. The number of hydrogen-bond acceptors (Lipinski definition) is 26. The van der Waals surface area contributed by atoms with E-state index < -0.39 is 243 Å². The van der Waals surface area contributed by atoms with Gasteiger partial charge in [0.25, 0.3) is 0 Å². The summed E-state index contributed by atoms with van der Waals surface area (Å²) in [4.78, 5) is 133. The standard InChI is InChI=1S/C77H86Cl3N11O24/c1-31(2)20-44(83-5)69(103)90-60-62(98)35-10-15-48(42(79)22-35)111-50-24-37-25-51(66(50)115-76-67(65(101)64(100)52(30-92)113-76)114-55-29-77(4,82)68(102)32(3)110-55)112-49-16-11-36(23-43(49)80)63(99)61-75(109)89-59(71(105)85-19-18-84-54(97)17-8-33-6-12-38(78)13-7-33)41-26-39(93)27-47(95)56(41)40-21-34(9-14-46(40)94)57(72(106)91-61)88-73(107)58(37)87-70(104)45(28-53(81)96)86-74(60)108/h6-17,21-27,31-32,44-45,52,55,57-65,67-68,76,83,92-95,98-102H,18-20,28-30,82H2,1-5H3,(H2,81,96)(H,84,97)(H,85,105)(H,86,108)(H,87,104)(H,88,107)(H,89,109)(H,90,103)(H,91,106)/b17-8+/t32-,44+,45-,52+,55?,57+,58?,59?,60+,61-,62+,63+,64+,65-,67+,68+,76-,77-/m0/s1. The molecule has 18 atom stereocenters. The first-order valence-electron chi connectivity index (χ1n) is 36.2. The number of aromatic hydroxyl groups is 3. The number of aliphatic hydroxyl groups excluding tert-OH is 6. The van der Waals surface area contributed by atoms with Gasteiger partial charge in [0.1, 0.15) is 95.5 Å². The van der Waals surface area contributed by atoms with Crippen molar-refractivity contribution in [2.24, 2.45) is 17.4 Å².